The van der Waals surface area contributed by atoms with Crippen molar-refractivity contribution in [3.05, 3.63) is 101 Å². The molecule has 6 heteroatoms. The highest BCUT2D eigenvalue weighted by Gasteiger charge is 2.64. The third-order valence-corrected chi connectivity index (χ3v) is 6.64. The number of anilines is 1. The summed E-state index contributed by atoms with van der Waals surface area (Å²) in [6.45, 7) is 9.23. The maximum atomic E-state index is 14.5. The van der Waals surface area contributed by atoms with Crippen molar-refractivity contribution in [3.63, 3.8) is 0 Å². The van der Waals surface area contributed by atoms with E-state index in [1.165, 1.54) is 0 Å². The van der Waals surface area contributed by atoms with Gasteiger partial charge in [0.2, 0.25) is 0 Å². The Labute approximate surface area is 212 Å². The zero-order valence-corrected chi connectivity index (χ0v) is 21.3. The molecule has 0 fully saturated rings. The molecule has 6 nitrogen and oxygen atoms in total. The molecule has 0 aromatic heterocycles. The molecule has 1 heterocycles. The fourth-order valence-corrected chi connectivity index (χ4v) is 4.81. The van der Waals surface area contributed by atoms with Crippen molar-refractivity contribution in [2.45, 2.75) is 57.7 Å². The van der Waals surface area contributed by atoms with E-state index in [0.29, 0.717) is 23.4 Å². The number of carbonyl (C=O) groups is 2. The van der Waals surface area contributed by atoms with Gasteiger partial charge < -0.3 is 15.0 Å². The number of benzene rings is 3. The maximum Gasteiger partial charge on any atom is 0.408 e. The van der Waals surface area contributed by atoms with Crippen LogP contribution in [0, 0.1) is 18.3 Å². The summed E-state index contributed by atoms with van der Waals surface area (Å²) in [6.07, 6.45) is -0.763. The summed E-state index contributed by atoms with van der Waals surface area (Å²) in [5.41, 5.74) is -0.169. The number of para-hydroxylation sites is 1. The highest BCUT2D eigenvalue weighted by molar-refractivity contribution is 6.10. The van der Waals surface area contributed by atoms with Gasteiger partial charge in [0.25, 0.3) is 5.91 Å². The van der Waals surface area contributed by atoms with Gasteiger partial charge in [0.15, 0.2) is 5.54 Å². The first-order valence-electron chi connectivity index (χ1n) is 12.0. The summed E-state index contributed by atoms with van der Waals surface area (Å²) >= 11 is 0. The van der Waals surface area contributed by atoms with Gasteiger partial charge in [-0.25, -0.2) is 4.79 Å². The van der Waals surface area contributed by atoms with Crippen molar-refractivity contribution in [1.29, 1.82) is 5.26 Å². The topological polar surface area (TPSA) is 82.4 Å². The van der Waals surface area contributed by atoms with Crippen LogP contribution in [-0.2, 0) is 27.0 Å². The van der Waals surface area contributed by atoms with Gasteiger partial charge >= 0.3 is 6.09 Å². The van der Waals surface area contributed by atoms with Gasteiger partial charge in [0.1, 0.15) is 11.0 Å². The lowest BCUT2D eigenvalue weighted by Crippen LogP contribution is -2.63. The molecular weight excluding hydrogens is 450 g/mol. The fraction of sp³-hybridized carbons (Fsp3) is 0.300. The molecule has 3 aromatic carbocycles. The zero-order chi connectivity index (χ0) is 26.1. The maximum absolute atomic E-state index is 14.5. The fourth-order valence-electron chi connectivity index (χ4n) is 4.81. The number of nitrogens with zero attached hydrogens (tertiary/aromatic N) is 2. The van der Waals surface area contributed by atoms with Crippen LogP contribution in [0.1, 0.15) is 49.9 Å². The number of nitriles is 1. The normalized spacial score (nSPS) is 18.7. The molecule has 3 aromatic rings. The number of carbonyl (C=O) groups excluding carboxylic acids is 2. The molecule has 0 unspecified atom stereocenters. The predicted molar refractivity (Wildman–Crippen MR) is 139 cm³/mol. The van der Waals surface area contributed by atoms with Gasteiger partial charge in [-0.2, -0.15) is 5.26 Å². The SMILES string of the molecule is Cc1ccc([C@](C)(C#N)[C@@]2(NC(=O)OC(C)(C)C)C(=O)N(Cc3ccccc3)c3ccccc32)cc1. The molecule has 1 aliphatic heterocycles. The van der Waals surface area contributed by atoms with E-state index in [9.17, 15) is 14.9 Å². The lowest BCUT2D eigenvalue weighted by molar-refractivity contribution is -0.126. The van der Waals surface area contributed by atoms with E-state index in [-0.39, 0.29) is 5.91 Å². The minimum atomic E-state index is -1.72. The van der Waals surface area contributed by atoms with Crippen molar-refractivity contribution < 1.29 is 14.3 Å². The number of ether oxygens (including phenoxy) is 1. The van der Waals surface area contributed by atoms with E-state index in [4.69, 9.17) is 4.74 Å². The minimum Gasteiger partial charge on any atom is -0.444 e. The second kappa shape index (κ2) is 9.16. The first kappa shape index (κ1) is 25.0. The number of aryl methyl sites for hydroxylation is 1. The van der Waals surface area contributed by atoms with E-state index in [1.807, 2.05) is 79.7 Å². The van der Waals surface area contributed by atoms with Crippen LogP contribution >= 0.6 is 0 Å². The summed E-state index contributed by atoms with van der Waals surface area (Å²) in [4.78, 5) is 29.5. The average molecular weight is 482 g/mol. The van der Waals surface area contributed by atoms with E-state index in [1.54, 1.807) is 38.7 Å². The number of fused-ring (bicyclic) bond motifs is 1. The molecule has 36 heavy (non-hydrogen) atoms. The Morgan fingerprint density at radius 3 is 2.19 bits per heavy atom. The molecule has 184 valence electrons. The van der Waals surface area contributed by atoms with Crippen LogP contribution in [0.15, 0.2) is 78.9 Å². The van der Waals surface area contributed by atoms with Crippen molar-refractivity contribution in [1.82, 2.24) is 5.32 Å². The quantitative estimate of drug-likeness (QED) is 0.504. The van der Waals surface area contributed by atoms with Crippen LogP contribution in [0.4, 0.5) is 10.5 Å². The highest BCUT2D eigenvalue weighted by Crippen LogP contribution is 2.51. The Bertz CT molecular complexity index is 1320. The first-order chi connectivity index (χ1) is 17.0. The van der Waals surface area contributed by atoms with Crippen molar-refractivity contribution in [3.8, 4) is 6.07 Å². The third kappa shape index (κ3) is 4.22. The standard InChI is InChI=1S/C30H31N3O3/c1-21-15-17-23(18-16-21)29(5,20-31)30(32-27(35)36-28(2,3)4)24-13-9-10-14-25(24)33(26(30)34)19-22-11-7-6-8-12-22/h6-18H,19H2,1-5H3,(H,32,35)/t29-,30-/m0/s1. The Morgan fingerprint density at radius 1 is 0.972 bits per heavy atom. The Hall–Kier alpha value is -4.11. The second-order valence-corrected chi connectivity index (χ2v) is 10.4. The molecule has 1 aliphatic rings. The zero-order valence-electron chi connectivity index (χ0n) is 21.3. The van der Waals surface area contributed by atoms with Crippen LogP contribution in [-0.4, -0.2) is 17.6 Å². The summed E-state index contributed by atoms with van der Waals surface area (Å²) in [7, 11) is 0. The van der Waals surface area contributed by atoms with Crippen molar-refractivity contribution >= 4 is 17.7 Å². The smallest absolute Gasteiger partial charge is 0.408 e. The Kier molecular flexibility index (Phi) is 6.36. The molecular formula is C30H31N3O3. The number of hydrogen-bond donors (Lipinski definition) is 1. The molecule has 0 bridgehead atoms. The first-order valence-corrected chi connectivity index (χ1v) is 12.0. The van der Waals surface area contributed by atoms with Gasteiger partial charge in [-0.05, 0) is 51.8 Å². The molecule has 0 aliphatic carbocycles. The van der Waals surface area contributed by atoms with E-state index >= 15 is 0 Å². The molecule has 0 saturated heterocycles. The number of amides is 2. The molecule has 4 rings (SSSR count). The van der Waals surface area contributed by atoms with Crippen molar-refractivity contribution in [2.24, 2.45) is 0 Å². The van der Waals surface area contributed by atoms with Crippen LogP contribution < -0.4 is 10.2 Å². The molecule has 0 saturated carbocycles. The van der Waals surface area contributed by atoms with Crippen LogP contribution in [0.2, 0.25) is 0 Å². The number of alkyl carbamates (subject to hydrolysis) is 1. The van der Waals surface area contributed by atoms with Crippen LogP contribution in [0.3, 0.4) is 0 Å². The second-order valence-electron chi connectivity index (χ2n) is 10.4. The summed E-state index contributed by atoms with van der Waals surface area (Å²) < 4.78 is 5.61. The number of hydrogen-bond acceptors (Lipinski definition) is 4. The summed E-state index contributed by atoms with van der Waals surface area (Å²) in [5, 5.41) is 13.6. The highest BCUT2D eigenvalue weighted by atomic mass is 16.6. The Balaban J connectivity index is 1.95. The number of rotatable bonds is 5. The van der Waals surface area contributed by atoms with Gasteiger partial charge in [0, 0.05) is 5.56 Å². The predicted octanol–water partition coefficient (Wildman–Crippen LogP) is 5.74. The Morgan fingerprint density at radius 2 is 1.58 bits per heavy atom. The molecule has 0 radical (unpaired) electrons. The number of nitrogens with one attached hydrogen (secondary N) is 1. The largest absolute Gasteiger partial charge is 0.444 e. The van der Waals surface area contributed by atoms with Crippen molar-refractivity contribution in [2.75, 3.05) is 4.90 Å². The van der Waals surface area contributed by atoms with Gasteiger partial charge in [0.05, 0.1) is 18.3 Å². The monoisotopic (exact) mass is 481 g/mol. The lowest BCUT2D eigenvalue weighted by Gasteiger charge is -2.41. The molecule has 1 N–H and O–H groups in total. The van der Waals surface area contributed by atoms with Crippen LogP contribution in [0.25, 0.3) is 0 Å². The molecule has 2 amide bonds. The summed E-state index contributed by atoms with van der Waals surface area (Å²) in [6, 6.07) is 26.8. The van der Waals surface area contributed by atoms with E-state index in [2.05, 4.69) is 11.4 Å². The van der Waals surface area contributed by atoms with Crippen LogP contribution in [0.5, 0.6) is 0 Å². The molecule has 2 atom stereocenters. The van der Waals surface area contributed by atoms with Gasteiger partial charge in [-0.1, -0.05) is 78.4 Å². The van der Waals surface area contributed by atoms with E-state index < -0.39 is 22.6 Å². The summed E-state index contributed by atoms with van der Waals surface area (Å²) in [5.74, 6) is -0.386. The third-order valence-electron chi connectivity index (χ3n) is 6.64. The minimum absolute atomic E-state index is 0.295. The van der Waals surface area contributed by atoms with Gasteiger partial charge in [-0.15, -0.1) is 0 Å². The average Bonchev–Trinajstić information content (AvgIpc) is 3.07. The molecule has 0 spiro atoms. The van der Waals surface area contributed by atoms with E-state index in [0.717, 1.165) is 11.1 Å². The van der Waals surface area contributed by atoms with Gasteiger partial charge in [-0.3, -0.25) is 4.79 Å². The lowest BCUT2D eigenvalue weighted by atomic mass is 9.64.